The van der Waals surface area contributed by atoms with Crippen LogP contribution < -0.4 is 0 Å². The first-order valence-electron chi connectivity index (χ1n) is 3.06. The van der Waals surface area contributed by atoms with E-state index in [-0.39, 0.29) is 12.4 Å². The highest BCUT2D eigenvalue weighted by molar-refractivity contribution is 5.85. The van der Waals surface area contributed by atoms with Crippen LogP contribution in [0.4, 0.5) is 39.5 Å². The van der Waals surface area contributed by atoms with Crippen LogP contribution in [0.3, 0.4) is 0 Å². The van der Waals surface area contributed by atoms with Gasteiger partial charge in [-0.25, -0.2) is 4.39 Å². The summed E-state index contributed by atoms with van der Waals surface area (Å²) in [5, 5.41) is 0. The first-order chi connectivity index (χ1) is 5.90. The summed E-state index contributed by atoms with van der Waals surface area (Å²) >= 11 is 0. The van der Waals surface area contributed by atoms with Gasteiger partial charge in [-0.3, -0.25) is 0 Å². The molecular weight excluding hydrogens is 266 g/mol. The third-order valence-electron chi connectivity index (χ3n) is 1.87. The van der Waals surface area contributed by atoms with Gasteiger partial charge in [0.05, 0.1) is 0 Å². The van der Waals surface area contributed by atoms with Gasteiger partial charge in [0.15, 0.2) is 0 Å². The lowest BCUT2D eigenvalue weighted by Gasteiger charge is -2.23. The van der Waals surface area contributed by atoms with E-state index in [1.165, 1.54) is 0 Å². The van der Waals surface area contributed by atoms with Crippen molar-refractivity contribution in [2.75, 3.05) is 0 Å². The van der Waals surface area contributed by atoms with Crippen LogP contribution in [0.25, 0.3) is 0 Å². The predicted molar refractivity (Wildman–Crippen MR) is 31.9 cm³/mol. The van der Waals surface area contributed by atoms with Crippen molar-refractivity contribution >= 4 is 12.4 Å². The predicted octanol–water partition coefficient (Wildman–Crippen LogP) is 3.30. The fourth-order valence-electron chi connectivity index (χ4n) is 0.965. The van der Waals surface area contributed by atoms with E-state index in [0.717, 1.165) is 0 Å². The molecule has 0 atom stereocenters. The monoisotopic (exact) mass is 268 g/mol. The lowest BCUT2D eigenvalue weighted by atomic mass is 10.2. The number of rotatable bonds is 0. The van der Waals surface area contributed by atoms with Crippen LogP contribution in [0.15, 0.2) is 0 Å². The van der Waals surface area contributed by atoms with Crippen LogP contribution >= 0.6 is 12.4 Å². The average Bonchev–Trinajstić information content (AvgIpc) is 2.05. The van der Waals surface area contributed by atoms with Gasteiger partial charge in [-0.05, 0) is 0 Å². The molecule has 0 aromatic rings. The molecule has 15 heavy (non-hydrogen) atoms. The topological polar surface area (TPSA) is 0 Å². The summed E-state index contributed by atoms with van der Waals surface area (Å²) in [6.07, 6.45) is -4.90. The van der Waals surface area contributed by atoms with E-state index in [4.69, 9.17) is 0 Å². The maximum Gasteiger partial charge on any atom is 0.381 e. The third kappa shape index (κ3) is 1.24. The largest absolute Gasteiger partial charge is 0.381 e. The standard InChI is InChI=1S/C5HF9.ClH/c6-1-2(7,8)4(11,12)5(13,14)3(1,9)10;/h1H;1H. The number of halogens is 10. The summed E-state index contributed by atoms with van der Waals surface area (Å²) in [6.45, 7) is 0. The molecule has 1 fully saturated rings. The van der Waals surface area contributed by atoms with Crippen LogP contribution in [-0.4, -0.2) is 29.9 Å². The van der Waals surface area contributed by atoms with Gasteiger partial charge in [-0.1, -0.05) is 0 Å². The molecule has 0 radical (unpaired) electrons. The van der Waals surface area contributed by atoms with Gasteiger partial charge in [0, 0.05) is 0 Å². The molecule has 10 heteroatoms. The summed E-state index contributed by atoms with van der Waals surface area (Å²) in [6, 6.07) is 0. The van der Waals surface area contributed by atoms with E-state index in [1.54, 1.807) is 0 Å². The fraction of sp³-hybridized carbons (Fsp3) is 1.00. The van der Waals surface area contributed by atoms with Crippen molar-refractivity contribution in [3.8, 4) is 0 Å². The zero-order valence-corrected chi connectivity index (χ0v) is 7.20. The second-order valence-electron chi connectivity index (χ2n) is 2.76. The number of alkyl halides is 9. The molecule has 1 aliphatic carbocycles. The van der Waals surface area contributed by atoms with Gasteiger partial charge in [0.2, 0.25) is 6.17 Å². The Labute approximate surface area is 82.8 Å². The van der Waals surface area contributed by atoms with E-state index >= 15 is 0 Å². The zero-order valence-electron chi connectivity index (χ0n) is 6.39. The molecule has 0 aromatic carbocycles. The SMILES string of the molecule is Cl.FC1C(F)(F)C(F)(F)C(F)(F)C1(F)F. The quantitative estimate of drug-likeness (QED) is 0.591. The molecule has 0 unspecified atom stereocenters. The number of hydrogen-bond donors (Lipinski definition) is 0. The first kappa shape index (κ1) is 14.7. The van der Waals surface area contributed by atoms with Crippen LogP contribution in [0.2, 0.25) is 0 Å². The van der Waals surface area contributed by atoms with E-state index in [2.05, 4.69) is 0 Å². The van der Waals surface area contributed by atoms with E-state index in [1.807, 2.05) is 0 Å². The maximum atomic E-state index is 12.0. The Morgan fingerprint density at radius 1 is 0.600 bits per heavy atom. The second kappa shape index (κ2) is 3.08. The molecule has 1 rings (SSSR count). The minimum Gasteiger partial charge on any atom is -0.234 e. The highest BCUT2D eigenvalue weighted by Crippen LogP contribution is 2.63. The molecule has 0 saturated heterocycles. The normalized spacial score (nSPS) is 31.0. The van der Waals surface area contributed by atoms with Gasteiger partial charge >= 0.3 is 23.7 Å². The minimum atomic E-state index is -6.40. The Morgan fingerprint density at radius 2 is 0.800 bits per heavy atom. The summed E-state index contributed by atoms with van der Waals surface area (Å²) < 4.78 is 108. The lowest BCUT2D eigenvalue weighted by Crippen LogP contribution is -2.51. The zero-order chi connectivity index (χ0) is 11.6. The molecular formula is C5H2ClF9. The molecule has 0 N–H and O–H groups in total. The van der Waals surface area contributed by atoms with Gasteiger partial charge in [-0.15, -0.1) is 12.4 Å². The molecule has 0 aromatic heterocycles. The Hall–Kier alpha value is -0.340. The second-order valence-corrected chi connectivity index (χ2v) is 2.76. The van der Waals surface area contributed by atoms with Crippen molar-refractivity contribution in [2.45, 2.75) is 29.9 Å². The van der Waals surface area contributed by atoms with Crippen LogP contribution in [-0.2, 0) is 0 Å². The molecule has 0 spiro atoms. The summed E-state index contributed by atoms with van der Waals surface area (Å²) in [7, 11) is 0. The summed E-state index contributed by atoms with van der Waals surface area (Å²) in [5.74, 6) is -25.0. The molecule has 0 bridgehead atoms. The van der Waals surface area contributed by atoms with Crippen molar-refractivity contribution in [3.05, 3.63) is 0 Å². The van der Waals surface area contributed by atoms with Gasteiger partial charge in [0.1, 0.15) is 0 Å². The smallest absolute Gasteiger partial charge is 0.234 e. The molecule has 0 nitrogen and oxygen atoms in total. The van der Waals surface area contributed by atoms with E-state index in [9.17, 15) is 39.5 Å². The van der Waals surface area contributed by atoms with E-state index in [0.29, 0.717) is 0 Å². The van der Waals surface area contributed by atoms with E-state index < -0.39 is 29.9 Å². The molecule has 0 aliphatic heterocycles. The Bertz CT molecular complexity index is 233. The van der Waals surface area contributed by atoms with Crippen LogP contribution in [0.1, 0.15) is 0 Å². The maximum absolute atomic E-state index is 12.0. The van der Waals surface area contributed by atoms with Crippen LogP contribution in [0, 0.1) is 0 Å². The van der Waals surface area contributed by atoms with Crippen molar-refractivity contribution in [1.29, 1.82) is 0 Å². The third-order valence-corrected chi connectivity index (χ3v) is 1.87. The summed E-state index contributed by atoms with van der Waals surface area (Å²) in [5.41, 5.74) is 0. The van der Waals surface area contributed by atoms with Crippen LogP contribution in [0.5, 0.6) is 0 Å². The highest BCUT2D eigenvalue weighted by atomic mass is 35.5. The van der Waals surface area contributed by atoms with Gasteiger partial charge in [-0.2, -0.15) is 35.1 Å². The molecule has 92 valence electrons. The number of hydrogen-bond acceptors (Lipinski definition) is 0. The summed E-state index contributed by atoms with van der Waals surface area (Å²) in [4.78, 5) is 0. The van der Waals surface area contributed by atoms with Crippen molar-refractivity contribution in [2.24, 2.45) is 0 Å². The molecule has 0 heterocycles. The molecule has 0 amide bonds. The van der Waals surface area contributed by atoms with Crippen molar-refractivity contribution in [1.82, 2.24) is 0 Å². The van der Waals surface area contributed by atoms with Crippen molar-refractivity contribution in [3.63, 3.8) is 0 Å². The Kier molecular flexibility index (Phi) is 3.01. The Morgan fingerprint density at radius 3 is 0.867 bits per heavy atom. The fourth-order valence-corrected chi connectivity index (χ4v) is 0.965. The minimum absolute atomic E-state index is 0. The average molecular weight is 269 g/mol. The van der Waals surface area contributed by atoms with Crippen molar-refractivity contribution < 1.29 is 39.5 Å². The van der Waals surface area contributed by atoms with Gasteiger partial charge in [0.25, 0.3) is 0 Å². The Balaban J connectivity index is 0.00000196. The molecule has 1 aliphatic rings. The molecule has 1 saturated carbocycles. The van der Waals surface area contributed by atoms with Gasteiger partial charge < -0.3 is 0 Å². The first-order valence-corrected chi connectivity index (χ1v) is 3.06. The lowest BCUT2D eigenvalue weighted by molar-refractivity contribution is -0.303. The highest BCUT2D eigenvalue weighted by Gasteiger charge is 2.94.